The summed E-state index contributed by atoms with van der Waals surface area (Å²) in [6, 6.07) is 3.44. The van der Waals surface area contributed by atoms with Crippen molar-refractivity contribution in [2.45, 2.75) is 0 Å². The summed E-state index contributed by atoms with van der Waals surface area (Å²) in [6.07, 6.45) is 2.90. The van der Waals surface area contributed by atoms with Crippen LogP contribution in [0.4, 0.5) is 0 Å². The summed E-state index contributed by atoms with van der Waals surface area (Å²) >= 11 is 0. The standard InChI is InChI=1S/C14H17N3O4.Li/c18-14(19)12-10-15-13-9-11(1-2-17(12)13)21-8-5-16-3-6-20-7-4-16;/h1-2,9-10H,3-8H2,(H,18,19);/q;+1/p-1. The fraction of sp³-hybridized carbons (Fsp3) is 0.429. The average molecular weight is 297 g/mol. The Morgan fingerprint density at radius 1 is 1.41 bits per heavy atom. The molecule has 1 fully saturated rings. The minimum Gasteiger partial charge on any atom is -0.543 e. The molecule has 0 N–H and O–H groups in total. The molecule has 3 heterocycles. The van der Waals surface area contributed by atoms with Gasteiger partial charge in [0, 0.05) is 31.9 Å². The molecule has 0 radical (unpaired) electrons. The number of carbonyl (C=O) groups excluding carboxylic acids is 1. The Morgan fingerprint density at radius 2 is 2.18 bits per heavy atom. The van der Waals surface area contributed by atoms with Crippen molar-refractivity contribution in [3.8, 4) is 5.75 Å². The molecule has 112 valence electrons. The van der Waals surface area contributed by atoms with Crippen molar-refractivity contribution in [3.63, 3.8) is 0 Å². The van der Waals surface area contributed by atoms with Gasteiger partial charge in [-0.2, -0.15) is 0 Å². The van der Waals surface area contributed by atoms with Gasteiger partial charge in [-0.1, -0.05) is 0 Å². The second kappa shape index (κ2) is 7.65. The largest absolute Gasteiger partial charge is 1.00 e. The van der Waals surface area contributed by atoms with Crippen LogP contribution in [0.2, 0.25) is 0 Å². The second-order valence-electron chi connectivity index (χ2n) is 4.82. The van der Waals surface area contributed by atoms with Crippen LogP contribution in [0.3, 0.4) is 0 Å². The normalized spacial score (nSPS) is 15.5. The minimum atomic E-state index is -1.25. The number of rotatable bonds is 5. The molecular formula is C14H16LiN3O4. The van der Waals surface area contributed by atoms with E-state index in [2.05, 4.69) is 9.88 Å². The number of imidazole rings is 1. The zero-order valence-electron chi connectivity index (χ0n) is 12.5. The summed E-state index contributed by atoms with van der Waals surface area (Å²) in [6.45, 7) is 4.81. The van der Waals surface area contributed by atoms with Gasteiger partial charge in [0.2, 0.25) is 0 Å². The van der Waals surface area contributed by atoms with Crippen LogP contribution >= 0.6 is 0 Å². The number of nitrogens with zero attached hydrogens (tertiary/aromatic N) is 3. The number of pyridine rings is 1. The van der Waals surface area contributed by atoms with E-state index in [1.165, 1.54) is 10.6 Å². The first-order chi connectivity index (χ1) is 10.2. The van der Waals surface area contributed by atoms with Crippen molar-refractivity contribution in [2.75, 3.05) is 39.5 Å². The SMILES string of the molecule is O=C([O-])c1cnc2cc(OCCN3CCOCC3)ccn12.[Li+]. The van der Waals surface area contributed by atoms with Crippen molar-refractivity contribution in [3.05, 3.63) is 30.2 Å². The number of hydrogen-bond donors (Lipinski definition) is 0. The van der Waals surface area contributed by atoms with E-state index in [4.69, 9.17) is 9.47 Å². The summed E-state index contributed by atoms with van der Waals surface area (Å²) in [4.78, 5) is 17.2. The van der Waals surface area contributed by atoms with E-state index in [0.29, 0.717) is 18.0 Å². The topological polar surface area (TPSA) is 79.1 Å². The van der Waals surface area contributed by atoms with Crippen molar-refractivity contribution < 1.29 is 38.2 Å². The third kappa shape index (κ3) is 3.81. The number of aromatic nitrogens is 2. The van der Waals surface area contributed by atoms with Gasteiger partial charge < -0.3 is 19.4 Å². The minimum absolute atomic E-state index is 0. The molecule has 0 aromatic carbocycles. The van der Waals surface area contributed by atoms with Gasteiger partial charge in [0.25, 0.3) is 0 Å². The Labute approximate surface area is 140 Å². The number of aromatic carboxylic acids is 1. The maximum absolute atomic E-state index is 10.9. The van der Waals surface area contributed by atoms with Crippen LogP contribution in [-0.4, -0.2) is 59.7 Å². The predicted octanol–water partition coefficient (Wildman–Crippen LogP) is -3.59. The van der Waals surface area contributed by atoms with E-state index in [0.717, 1.165) is 32.8 Å². The molecule has 1 saturated heterocycles. The zero-order valence-corrected chi connectivity index (χ0v) is 12.5. The van der Waals surface area contributed by atoms with Crippen LogP contribution in [0.15, 0.2) is 24.5 Å². The molecule has 0 aliphatic carbocycles. The Bertz CT molecular complexity index is 640. The number of carboxylic acid groups (broad SMARTS) is 1. The van der Waals surface area contributed by atoms with E-state index in [9.17, 15) is 9.90 Å². The molecule has 3 rings (SSSR count). The van der Waals surface area contributed by atoms with E-state index in [1.807, 2.05) is 0 Å². The summed E-state index contributed by atoms with van der Waals surface area (Å²) in [5.74, 6) is -0.574. The number of ether oxygens (including phenoxy) is 2. The third-order valence-corrected chi connectivity index (χ3v) is 3.47. The van der Waals surface area contributed by atoms with Gasteiger partial charge in [0.15, 0.2) is 0 Å². The fourth-order valence-corrected chi connectivity index (χ4v) is 2.32. The molecule has 1 aliphatic heterocycles. The molecule has 22 heavy (non-hydrogen) atoms. The summed E-state index contributed by atoms with van der Waals surface area (Å²) in [5, 5.41) is 10.9. The summed E-state index contributed by atoms with van der Waals surface area (Å²) in [7, 11) is 0. The molecule has 0 atom stereocenters. The fourth-order valence-electron chi connectivity index (χ4n) is 2.32. The molecular weight excluding hydrogens is 281 g/mol. The van der Waals surface area contributed by atoms with Gasteiger partial charge >= 0.3 is 18.9 Å². The van der Waals surface area contributed by atoms with E-state index in [-0.39, 0.29) is 24.6 Å². The van der Waals surface area contributed by atoms with Gasteiger partial charge in [-0.25, -0.2) is 4.98 Å². The molecule has 7 nitrogen and oxygen atoms in total. The van der Waals surface area contributed by atoms with Gasteiger partial charge in [0.1, 0.15) is 18.0 Å². The number of morpholine rings is 1. The van der Waals surface area contributed by atoms with Crippen LogP contribution in [0, 0.1) is 0 Å². The Balaban J connectivity index is 0.00000176. The molecule has 0 saturated carbocycles. The monoisotopic (exact) mass is 297 g/mol. The molecule has 8 heteroatoms. The Kier molecular flexibility index (Phi) is 5.86. The molecule has 0 spiro atoms. The van der Waals surface area contributed by atoms with Crippen LogP contribution in [-0.2, 0) is 4.74 Å². The maximum Gasteiger partial charge on any atom is 1.00 e. The van der Waals surface area contributed by atoms with Crippen LogP contribution < -0.4 is 28.7 Å². The Hall–Kier alpha value is -1.52. The molecule has 0 amide bonds. The molecule has 2 aromatic rings. The number of carboxylic acids is 1. The van der Waals surface area contributed by atoms with Gasteiger partial charge in [-0.05, 0) is 6.07 Å². The number of carbonyl (C=O) groups is 1. The predicted molar refractivity (Wildman–Crippen MR) is 72.3 cm³/mol. The smallest absolute Gasteiger partial charge is 0.543 e. The van der Waals surface area contributed by atoms with E-state index < -0.39 is 5.97 Å². The van der Waals surface area contributed by atoms with Crippen molar-refractivity contribution in [2.24, 2.45) is 0 Å². The first kappa shape index (κ1) is 16.8. The van der Waals surface area contributed by atoms with Crippen molar-refractivity contribution in [1.29, 1.82) is 0 Å². The number of fused-ring (bicyclic) bond motifs is 1. The summed E-state index contributed by atoms with van der Waals surface area (Å²) in [5.41, 5.74) is 0.558. The maximum atomic E-state index is 10.9. The quantitative estimate of drug-likeness (QED) is 0.531. The van der Waals surface area contributed by atoms with Crippen LogP contribution in [0.1, 0.15) is 10.5 Å². The molecule has 0 bridgehead atoms. The summed E-state index contributed by atoms with van der Waals surface area (Å²) < 4.78 is 12.4. The molecule has 2 aromatic heterocycles. The third-order valence-electron chi connectivity index (χ3n) is 3.47. The van der Waals surface area contributed by atoms with Gasteiger partial charge in [-0.3, -0.25) is 9.30 Å². The first-order valence-electron chi connectivity index (χ1n) is 6.85. The van der Waals surface area contributed by atoms with Crippen LogP contribution in [0.5, 0.6) is 5.75 Å². The zero-order chi connectivity index (χ0) is 14.7. The average Bonchev–Trinajstić information content (AvgIpc) is 2.91. The molecule has 1 aliphatic rings. The van der Waals surface area contributed by atoms with Crippen molar-refractivity contribution >= 4 is 11.6 Å². The number of hydrogen-bond acceptors (Lipinski definition) is 6. The van der Waals surface area contributed by atoms with Crippen molar-refractivity contribution in [1.82, 2.24) is 14.3 Å². The van der Waals surface area contributed by atoms with Crippen LogP contribution in [0.25, 0.3) is 5.65 Å². The molecule has 0 unspecified atom stereocenters. The van der Waals surface area contributed by atoms with E-state index in [1.54, 1.807) is 18.3 Å². The first-order valence-corrected chi connectivity index (χ1v) is 6.85. The van der Waals surface area contributed by atoms with E-state index >= 15 is 0 Å². The van der Waals surface area contributed by atoms with Gasteiger partial charge in [-0.15, -0.1) is 0 Å². The van der Waals surface area contributed by atoms with Gasteiger partial charge in [0.05, 0.1) is 31.1 Å². The second-order valence-corrected chi connectivity index (χ2v) is 4.82. The Morgan fingerprint density at radius 3 is 2.91 bits per heavy atom.